The van der Waals surface area contributed by atoms with Crippen LogP contribution in [0.25, 0.3) is 16.9 Å². The van der Waals surface area contributed by atoms with Crippen molar-refractivity contribution >= 4 is 15.9 Å². The van der Waals surface area contributed by atoms with Crippen molar-refractivity contribution in [2.24, 2.45) is 0 Å². The van der Waals surface area contributed by atoms with Gasteiger partial charge in [0, 0.05) is 11.5 Å². The van der Waals surface area contributed by atoms with E-state index in [1.807, 2.05) is 0 Å². The topological polar surface area (TPSA) is 17.8 Å². The summed E-state index contributed by atoms with van der Waals surface area (Å²) in [6.45, 7) is 2.12. The van der Waals surface area contributed by atoms with Crippen molar-refractivity contribution in [1.29, 1.82) is 0 Å². The Hall–Kier alpha value is -1.87. The van der Waals surface area contributed by atoms with E-state index in [1.165, 1.54) is 48.9 Å². The number of aromatic nitrogens is 2. The number of halogens is 1. The Morgan fingerprint density at radius 2 is 1.60 bits per heavy atom. The van der Waals surface area contributed by atoms with E-state index in [-0.39, 0.29) is 0 Å². The monoisotopic (exact) mass is 394 g/mol. The zero-order valence-corrected chi connectivity index (χ0v) is 16.2. The standard InChI is InChI=1S/C22H23BrN2/c1-16-12-14-19(15-13-16)25-22(18-10-6-3-7-11-18)20(23)21(24-25)17-8-4-2-5-9-17/h3,6-7,10-15,17H,2,4-5,8-9H2,1H3. The van der Waals surface area contributed by atoms with Gasteiger partial charge in [0.1, 0.15) is 0 Å². The van der Waals surface area contributed by atoms with Crippen LogP contribution in [-0.4, -0.2) is 9.78 Å². The van der Waals surface area contributed by atoms with Crippen molar-refractivity contribution < 1.29 is 0 Å². The first kappa shape index (κ1) is 16.6. The number of hydrogen-bond acceptors (Lipinski definition) is 1. The van der Waals surface area contributed by atoms with E-state index in [0.29, 0.717) is 5.92 Å². The molecule has 1 heterocycles. The molecule has 3 aromatic rings. The second-order valence-corrected chi connectivity index (χ2v) is 7.79. The smallest absolute Gasteiger partial charge is 0.0886 e. The molecule has 0 atom stereocenters. The Kier molecular flexibility index (Phi) is 4.76. The maximum Gasteiger partial charge on any atom is 0.0886 e. The molecule has 0 aliphatic heterocycles. The van der Waals surface area contributed by atoms with Crippen molar-refractivity contribution in [3.8, 4) is 16.9 Å². The lowest BCUT2D eigenvalue weighted by Crippen LogP contribution is -2.06. The first-order valence-corrected chi connectivity index (χ1v) is 9.94. The predicted octanol–water partition coefficient (Wildman–Crippen LogP) is 6.66. The van der Waals surface area contributed by atoms with Gasteiger partial charge in [-0.15, -0.1) is 0 Å². The second kappa shape index (κ2) is 7.17. The summed E-state index contributed by atoms with van der Waals surface area (Å²) in [6.07, 6.45) is 6.48. The summed E-state index contributed by atoms with van der Waals surface area (Å²) in [5, 5.41) is 5.08. The summed E-state index contributed by atoms with van der Waals surface area (Å²) >= 11 is 3.90. The van der Waals surface area contributed by atoms with Crippen LogP contribution < -0.4 is 0 Å². The molecule has 25 heavy (non-hydrogen) atoms. The molecule has 0 saturated heterocycles. The Labute approximate surface area is 158 Å². The van der Waals surface area contributed by atoms with Crippen LogP contribution >= 0.6 is 15.9 Å². The summed E-state index contributed by atoms with van der Waals surface area (Å²) in [6, 6.07) is 19.2. The fourth-order valence-electron chi connectivity index (χ4n) is 3.77. The highest BCUT2D eigenvalue weighted by molar-refractivity contribution is 9.10. The number of aryl methyl sites for hydroxylation is 1. The highest BCUT2D eigenvalue weighted by Crippen LogP contribution is 2.41. The van der Waals surface area contributed by atoms with Gasteiger partial charge in [-0.05, 0) is 47.8 Å². The number of nitrogens with zero attached hydrogens (tertiary/aromatic N) is 2. The van der Waals surface area contributed by atoms with Crippen LogP contribution in [0, 0.1) is 6.92 Å². The van der Waals surface area contributed by atoms with Crippen molar-refractivity contribution in [1.82, 2.24) is 9.78 Å². The van der Waals surface area contributed by atoms with E-state index in [9.17, 15) is 0 Å². The molecule has 0 radical (unpaired) electrons. The van der Waals surface area contributed by atoms with Gasteiger partial charge in [-0.25, -0.2) is 4.68 Å². The van der Waals surface area contributed by atoms with Gasteiger partial charge >= 0.3 is 0 Å². The molecular weight excluding hydrogens is 372 g/mol. The van der Waals surface area contributed by atoms with Gasteiger partial charge < -0.3 is 0 Å². The summed E-state index contributed by atoms with van der Waals surface area (Å²) in [4.78, 5) is 0. The van der Waals surface area contributed by atoms with Gasteiger partial charge in [0.05, 0.1) is 21.5 Å². The highest BCUT2D eigenvalue weighted by atomic mass is 79.9. The second-order valence-electron chi connectivity index (χ2n) is 7.00. The molecule has 1 fully saturated rings. The zero-order valence-electron chi connectivity index (χ0n) is 14.6. The number of rotatable bonds is 3. The third kappa shape index (κ3) is 3.30. The predicted molar refractivity (Wildman–Crippen MR) is 107 cm³/mol. The largest absolute Gasteiger partial charge is 0.232 e. The van der Waals surface area contributed by atoms with E-state index in [1.54, 1.807) is 0 Å². The summed E-state index contributed by atoms with van der Waals surface area (Å²) in [7, 11) is 0. The average molecular weight is 395 g/mol. The Balaban J connectivity index is 1.87. The molecule has 128 valence electrons. The minimum atomic E-state index is 0.567. The lowest BCUT2D eigenvalue weighted by Gasteiger charge is -2.19. The molecule has 1 aliphatic carbocycles. The van der Waals surface area contributed by atoms with Crippen LogP contribution in [0.1, 0.15) is 49.3 Å². The van der Waals surface area contributed by atoms with Gasteiger partial charge in [0.15, 0.2) is 0 Å². The Bertz CT molecular complexity index is 844. The van der Waals surface area contributed by atoms with E-state index < -0.39 is 0 Å². The third-order valence-corrected chi connectivity index (χ3v) is 5.95. The molecule has 0 unspecified atom stereocenters. The molecule has 0 amide bonds. The Morgan fingerprint density at radius 3 is 2.28 bits per heavy atom. The molecule has 2 aromatic carbocycles. The molecule has 0 spiro atoms. The normalized spacial score (nSPS) is 15.4. The number of hydrogen-bond donors (Lipinski definition) is 0. The van der Waals surface area contributed by atoms with Crippen LogP contribution in [0.5, 0.6) is 0 Å². The van der Waals surface area contributed by atoms with E-state index in [2.05, 4.69) is 82.1 Å². The summed E-state index contributed by atoms with van der Waals surface area (Å²) in [5.41, 5.74) is 5.96. The van der Waals surface area contributed by atoms with Crippen LogP contribution in [0.3, 0.4) is 0 Å². The minimum absolute atomic E-state index is 0.567. The third-order valence-electron chi connectivity index (χ3n) is 5.17. The minimum Gasteiger partial charge on any atom is -0.232 e. The lowest BCUT2D eigenvalue weighted by atomic mass is 9.87. The van der Waals surface area contributed by atoms with Crippen molar-refractivity contribution in [3.05, 3.63) is 70.3 Å². The van der Waals surface area contributed by atoms with Crippen LogP contribution in [0.4, 0.5) is 0 Å². The molecule has 4 rings (SSSR count). The molecule has 1 aromatic heterocycles. The average Bonchev–Trinajstić information content (AvgIpc) is 3.01. The molecule has 3 heteroatoms. The fourth-order valence-corrected chi connectivity index (χ4v) is 4.57. The quantitative estimate of drug-likeness (QED) is 0.485. The highest BCUT2D eigenvalue weighted by Gasteiger charge is 2.25. The molecule has 1 aliphatic rings. The summed E-state index contributed by atoms with van der Waals surface area (Å²) in [5.74, 6) is 0.567. The van der Waals surface area contributed by atoms with Gasteiger partial charge in [-0.3, -0.25) is 0 Å². The van der Waals surface area contributed by atoms with Crippen molar-refractivity contribution in [2.45, 2.75) is 44.9 Å². The van der Waals surface area contributed by atoms with Gasteiger partial charge in [0.2, 0.25) is 0 Å². The van der Waals surface area contributed by atoms with Gasteiger partial charge in [-0.1, -0.05) is 67.3 Å². The number of benzene rings is 2. The molecular formula is C22H23BrN2. The van der Waals surface area contributed by atoms with Gasteiger partial charge in [-0.2, -0.15) is 5.10 Å². The van der Waals surface area contributed by atoms with Crippen molar-refractivity contribution in [3.63, 3.8) is 0 Å². The van der Waals surface area contributed by atoms with E-state index in [4.69, 9.17) is 5.10 Å². The molecule has 1 saturated carbocycles. The molecule has 2 nitrogen and oxygen atoms in total. The maximum absolute atomic E-state index is 5.08. The summed E-state index contributed by atoms with van der Waals surface area (Å²) < 4.78 is 3.27. The van der Waals surface area contributed by atoms with Crippen molar-refractivity contribution in [2.75, 3.05) is 0 Å². The molecule has 0 N–H and O–H groups in total. The lowest BCUT2D eigenvalue weighted by molar-refractivity contribution is 0.434. The van der Waals surface area contributed by atoms with E-state index >= 15 is 0 Å². The van der Waals surface area contributed by atoms with Gasteiger partial charge in [0.25, 0.3) is 0 Å². The fraction of sp³-hybridized carbons (Fsp3) is 0.318. The van der Waals surface area contributed by atoms with Crippen LogP contribution in [0.15, 0.2) is 59.1 Å². The maximum atomic E-state index is 5.08. The molecule has 0 bridgehead atoms. The van der Waals surface area contributed by atoms with Crippen LogP contribution in [0.2, 0.25) is 0 Å². The first-order valence-electron chi connectivity index (χ1n) is 9.15. The van der Waals surface area contributed by atoms with Crippen LogP contribution in [-0.2, 0) is 0 Å². The Morgan fingerprint density at radius 1 is 0.920 bits per heavy atom. The first-order chi connectivity index (χ1) is 12.2. The SMILES string of the molecule is Cc1ccc(-n2nc(C3CCCCC3)c(Br)c2-c2ccccc2)cc1. The zero-order chi connectivity index (χ0) is 17.2. The van der Waals surface area contributed by atoms with E-state index in [0.717, 1.165) is 15.9 Å².